The van der Waals surface area contributed by atoms with Gasteiger partial charge >= 0.3 is 12.1 Å². The highest BCUT2D eigenvalue weighted by Gasteiger charge is 2.28. The normalized spacial score (nSPS) is 14.8. The first kappa shape index (κ1) is 11.4. The number of rotatable bonds is 2. The fraction of sp³-hybridized carbons (Fsp3) is 0.333. The van der Waals surface area contributed by atoms with Gasteiger partial charge in [0.15, 0.2) is 0 Å². The van der Waals surface area contributed by atoms with Crippen molar-refractivity contribution in [3.05, 3.63) is 24.3 Å². The van der Waals surface area contributed by atoms with Crippen molar-refractivity contribution < 1.29 is 14.3 Å². The number of esters is 1. The van der Waals surface area contributed by atoms with Crippen LogP contribution < -0.4 is 11.1 Å². The van der Waals surface area contributed by atoms with Gasteiger partial charge in [0.05, 0.1) is 17.3 Å². The SMILES string of the molecule is Nc1ccccc1NC(=O)OC(=O)C1CCC1. The largest absolute Gasteiger partial charge is 0.419 e. The molecule has 1 saturated carbocycles. The highest BCUT2D eigenvalue weighted by atomic mass is 16.6. The lowest BCUT2D eigenvalue weighted by Crippen LogP contribution is -2.28. The molecular formula is C12H14N2O3. The van der Waals surface area contributed by atoms with E-state index < -0.39 is 12.1 Å². The van der Waals surface area contributed by atoms with Crippen molar-refractivity contribution in [3.63, 3.8) is 0 Å². The van der Waals surface area contributed by atoms with E-state index in [1.54, 1.807) is 24.3 Å². The Bertz CT molecular complexity index is 441. The summed E-state index contributed by atoms with van der Waals surface area (Å²) in [6.07, 6.45) is 1.85. The maximum Gasteiger partial charge on any atom is 0.419 e. The average Bonchev–Trinajstić information content (AvgIpc) is 2.18. The zero-order valence-corrected chi connectivity index (χ0v) is 9.31. The molecule has 90 valence electrons. The number of carbonyl (C=O) groups excluding carboxylic acids is 2. The molecule has 0 saturated heterocycles. The Morgan fingerprint density at radius 1 is 1.29 bits per heavy atom. The fourth-order valence-electron chi connectivity index (χ4n) is 1.56. The van der Waals surface area contributed by atoms with Gasteiger partial charge in [0.25, 0.3) is 0 Å². The summed E-state index contributed by atoms with van der Waals surface area (Å²) in [4.78, 5) is 22.8. The second-order valence-corrected chi connectivity index (χ2v) is 4.05. The summed E-state index contributed by atoms with van der Waals surface area (Å²) in [6.45, 7) is 0. The van der Waals surface area contributed by atoms with Crippen LogP contribution in [0.1, 0.15) is 19.3 Å². The van der Waals surface area contributed by atoms with E-state index in [4.69, 9.17) is 5.73 Å². The van der Waals surface area contributed by atoms with Crippen molar-refractivity contribution in [1.82, 2.24) is 0 Å². The van der Waals surface area contributed by atoms with Crippen molar-refractivity contribution in [1.29, 1.82) is 0 Å². The number of ether oxygens (including phenoxy) is 1. The zero-order chi connectivity index (χ0) is 12.3. The minimum atomic E-state index is -0.778. The molecule has 17 heavy (non-hydrogen) atoms. The summed E-state index contributed by atoms with van der Waals surface area (Å²) in [5.74, 6) is -0.572. The van der Waals surface area contributed by atoms with E-state index in [0.717, 1.165) is 19.3 Å². The summed E-state index contributed by atoms with van der Waals surface area (Å²) < 4.78 is 4.67. The van der Waals surface area contributed by atoms with E-state index in [0.29, 0.717) is 11.4 Å². The quantitative estimate of drug-likeness (QED) is 0.466. The van der Waals surface area contributed by atoms with Crippen LogP contribution in [0.25, 0.3) is 0 Å². The molecule has 2 rings (SSSR count). The maximum atomic E-state index is 11.4. The van der Waals surface area contributed by atoms with E-state index in [1.807, 2.05) is 0 Å². The number of nitrogens with two attached hydrogens (primary N) is 1. The molecule has 1 fully saturated rings. The Morgan fingerprint density at radius 3 is 2.59 bits per heavy atom. The fourth-order valence-corrected chi connectivity index (χ4v) is 1.56. The number of nitrogens with one attached hydrogen (secondary N) is 1. The Labute approximate surface area is 98.9 Å². The van der Waals surface area contributed by atoms with Gasteiger partial charge < -0.3 is 10.5 Å². The van der Waals surface area contributed by atoms with E-state index in [1.165, 1.54) is 0 Å². The topological polar surface area (TPSA) is 81.4 Å². The third-order valence-electron chi connectivity index (χ3n) is 2.83. The van der Waals surface area contributed by atoms with E-state index in [-0.39, 0.29) is 5.92 Å². The summed E-state index contributed by atoms with van der Waals surface area (Å²) in [7, 11) is 0. The van der Waals surface area contributed by atoms with E-state index in [2.05, 4.69) is 10.1 Å². The number of hydrogen-bond acceptors (Lipinski definition) is 4. The van der Waals surface area contributed by atoms with Gasteiger partial charge in [-0.3, -0.25) is 10.1 Å². The van der Waals surface area contributed by atoms with Crippen LogP contribution in [0.4, 0.5) is 16.2 Å². The van der Waals surface area contributed by atoms with Gasteiger partial charge in [0.2, 0.25) is 0 Å². The number of nitrogen functional groups attached to an aromatic ring is 1. The molecule has 1 aliphatic rings. The molecule has 0 bridgehead atoms. The number of carbonyl (C=O) groups is 2. The smallest absolute Gasteiger partial charge is 0.397 e. The predicted octanol–water partition coefficient (Wildman–Crippen LogP) is 2.14. The molecule has 0 atom stereocenters. The molecule has 0 unspecified atom stereocenters. The van der Waals surface area contributed by atoms with Crippen LogP contribution >= 0.6 is 0 Å². The van der Waals surface area contributed by atoms with Crippen molar-refractivity contribution in [2.45, 2.75) is 19.3 Å². The lowest BCUT2D eigenvalue weighted by molar-refractivity contribution is -0.144. The third kappa shape index (κ3) is 2.75. The maximum absolute atomic E-state index is 11.4. The number of benzene rings is 1. The minimum Gasteiger partial charge on any atom is -0.397 e. The highest BCUT2D eigenvalue weighted by molar-refractivity contribution is 5.95. The zero-order valence-electron chi connectivity index (χ0n) is 9.31. The van der Waals surface area contributed by atoms with Crippen LogP contribution in [0.15, 0.2) is 24.3 Å². The molecule has 5 heteroatoms. The van der Waals surface area contributed by atoms with Crippen molar-refractivity contribution in [2.75, 3.05) is 11.1 Å². The second kappa shape index (κ2) is 4.86. The average molecular weight is 234 g/mol. The first-order valence-electron chi connectivity index (χ1n) is 5.54. The van der Waals surface area contributed by atoms with Crippen LogP contribution in [0.2, 0.25) is 0 Å². The first-order chi connectivity index (χ1) is 8.16. The van der Waals surface area contributed by atoms with E-state index in [9.17, 15) is 9.59 Å². The second-order valence-electron chi connectivity index (χ2n) is 4.05. The monoisotopic (exact) mass is 234 g/mol. The van der Waals surface area contributed by atoms with Gasteiger partial charge in [-0.15, -0.1) is 0 Å². The highest BCUT2D eigenvalue weighted by Crippen LogP contribution is 2.27. The molecule has 1 amide bonds. The summed E-state index contributed by atoms with van der Waals surface area (Å²) in [5, 5.41) is 2.44. The van der Waals surface area contributed by atoms with Gasteiger partial charge in [-0.1, -0.05) is 18.6 Å². The molecule has 5 nitrogen and oxygen atoms in total. The van der Waals surface area contributed by atoms with Crippen LogP contribution in [0.3, 0.4) is 0 Å². The molecule has 0 aliphatic heterocycles. The van der Waals surface area contributed by atoms with Gasteiger partial charge in [0, 0.05) is 0 Å². The molecular weight excluding hydrogens is 220 g/mol. The van der Waals surface area contributed by atoms with Crippen LogP contribution in [0, 0.1) is 5.92 Å². The van der Waals surface area contributed by atoms with Gasteiger partial charge in [-0.25, -0.2) is 4.79 Å². The summed E-state index contributed by atoms with van der Waals surface area (Å²) >= 11 is 0. The Balaban J connectivity index is 1.89. The van der Waals surface area contributed by atoms with Crippen LogP contribution in [0.5, 0.6) is 0 Å². The van der Waals surface area contributed by atoms with Gasteiger partial charge in [-0.05, 0) is 25.0 Å². The Hall–Kier alpha value is -2.04. The Kier molecular flexibility index (Phi) is 3.27. The molecule has 1 aromatic carbocycles. The van der Waals surface area contributed by atoms with Crippen molar-refractivity contribution in [3.8, 4) is 0 Å². The van der Waals surface area contributed by atoms with Crippen molar-refractivity contribution in [2.24, 2.45) is 5.92 Å². The molecule has 0 spiro atoms. The molecule has 1 aliphatic carbocycles. The first-order valence-corrected chi connectivity index (χ1v) is 5.54. The molecule has 1 aromatic rings. The number of para-hydroxylation sites is 2. The Morgan fingerprint density at radius 2 is 2.00 bits per heavy atom. The summed E-state index contributed by atoms with van der Waals surface area (Å²) in [5.41, 5.74) is 6.52. The number of amides is 1. The summed E-state index contributed by atoms with van der Waals surface area (Å²) in [6, 6.07) is 6.79. The number of hydrogen-bond donors (Lipinski definition) is 2. The minimum absolute atomic E-state index is 0.117. The standard InChI is InChI=1S/C12H14N2O3/c13-9-6-1-2-7-10(9)14-12(16)17-11(15)8-4-3-5-8/h1-2,6-8H,3-5,13H2,(H,14,16). The third-order valence-corrected chi connectivity index (χ3v) is 2.83. The molecule has 0 heterocycles. The van der Waals surface area contributed by atoms with E-state index >= 15 is 0 Å². The number of anilines is 2. The lowest BCUT2D eigenvalue weighted by atomic mass is 9.86. The molecule has 0 aromatic heterocycles. The van der Waals surface area contributed by atoms with Gasteiger partial charge in [0.1, 0.15) is 0 Å². The van der Waals surface area contributed by atoms with Crippen LogP contribution in [-0.2, 0) is 9.53 Å². The molecule has 0 radical (unpaired) electrons. The predicted molar refractivity (Wildman–Crippen MR) is 63.3 cm³/mol. The van der Waals surface area contributed by atoms with Crippen molar-refractivity contribution >= 4 is 23.4 Å². The lowest BCUT2D eigenvalue weighted by Gasteiger charge is -2.22. The van der Waals surface area contributed by atoms with Crippen LogP contribution in [-0.4, -0.2) is 12.1 Å². The van der Waals surface area contributed by atoms with Gasteiger partial charge in [-0.2, -0.15) is 0 Å². The molecule has 3 N–H and O–H groups in total.